The molecule has 0 bridgehead atoms. The fourth-order valence-corrected chi connectivity index (χ4v) is 3.40. The zero-order valence-corrected chi connectivity index (χ0v) is 15.6. The van der Waals surface area contributed by atoms with E-state index in [0.717, 1.165) is 18.2 Å². The van der Waals surface area contributed by atoms with Crippen molar-refractivity contribution in [3.8, 4) is 0 Å². The number of ether oxygens (including phenoxy) is 1. The smallest absolute Gasteiger partial charge is 0.394 e. The Morgan fingerprint density at radius 3 is 2.44 bits per heavy atom. The Balaban J connectivity index is 2.87. The van der Waals surface area contributed by atoms with Crippen LogP contribution >= 0.6 is 11.8 Å². The van der Waals surface area contributed by atoms with Gasteiger partial charge in [0.25, 0.3) is 0 Å². The molecule has 0 radical (unpaired) electrons. The lowest BCUT2D eigenvalue weighted by Gasteiger charge is -2.39. The van der Waals surface area contributed by atoms with Gasteiger partial charge >= 0.3 is 10.4 Å². The van der Waals surface area contributed by atoms with Crippen LogP contribution in [0.2, 0.25) is 0 Å². The topological polar surface area (TPSA) is 166 Å². The molecule has 25 heavy (non-hydrogen) atoms. The Morgan fingerprint density at radius 2 is 1.92 bits per heavy atom. The Labute approximate surface area is 150 Å². The molecule has 5 N–H and O–H groups in total. The van der Waals surface area contributed by atoms with Gasteiger partial charge in [-0.25, -0.2) is 4.28 Å². The van der Waals surface area contributed by atoms with Gasteiger partial charge in [0.2, 0.25) is 0 Å². The summed E-state index contributed by atoms with van der Waals surface area (Å²) in [4.78, 5) is 0. The first-order chi connectivity index (χ1) is 11.6. The first-order valence-electron chi connectivity index (χ1n) is 7.79. The van der Waals surface area contributed by atoms with E-state index in [-0.39, 0.29) is 11.5 Å². The van der Waals surface area contributed by atoms with Crippen LogP contribution in [0.1, 0.15) is 33.1 Å². The molecule has 0 aliphatic carbocycles. The third-order valence-corrected chi connectivity index (χ3v) is 5.32. The Morgan fingerprint density at radius 1 is 1.28 bits per heavy atom. The highest BCUT2D eigenvalue weighted by atomic mass is 32.3. The lowest BCUT2D eigenvalue weighted by Crippen LogP contribution is -2.57. The molecule has 1 aliphatic rings. The SMILES string of the molecule is CC[C@@H](C)CC/C(=N/OS(=O)(=O)O)S[C@H]1O[C@@H](CO)[C@H](O)[C@H](O)[C@H]1O. The van der Waals surface area contributed by atoms with E-state index >= 15 is 0 Å². The molecule has 1 saturated heterocycles. The molecule has 1 aliphatic heterocycles. The van der Waals surface area contributed by atoms with E-state index in [4.69, 9.17) is 9.29 Å². The first kappa shape index (κ1) is 22.6. The van der Waals surface area contributed by atoms with Gasteiger partial charge in [-0.2, -0.15) is 8.42 Å². The minimum absolute atomic E-state index is 0.113. The Kier molecular flexibility index (Phi) is 9.04. The summed E-state index contributed by atoms with van der Waals surface area (Å²) in [7, 11) is -4.79. The van der Waals surface area contributed by atoms with E-state index in [1.54, 1.807) is 0 Å². The fraction of sp³-hybridized carbons (Fsp3) is 0.923. The van der Waals surface area contributed by atoms with Gasteiger partial charge in [0.05, 0.1) is 6.61 Å². The van der Waals surface area contributed by atoms with E-state index in [1.165, 1.54) is 0 Å². The highest BCUT2D eigenvalue weighted by Gasteiger charge is 2.44. The van der Waals surface area contributed by atoms with Crippen LogP contribution in [0, 0.1) is 5.92 Å². The van der Waals surface area contributed by atoms with Crippen molar-refractivity contribution >= 4 is 27.2 Å². The maximum atomic E-state index is 10.7. The van der Waals surface area contributed by atoms with Crippen molar-refractivity contribution in [3.05, 3.63) is 0 Å². The fourth-order valence-electron chi connectivity index (χ4n) is 2.09. The summed E-state index contributed by atoms with van der Waals surface area (Å²) in [6.07, 6.45) is -3.83. The standard InChI is InChI=1S/C13H25NO9S2/c1-3-7(2)4-5-9(14-23-25(19,20)21)24-13-12(18)11(17)10(16)8(6-15)22-13/h7-8,10-13,15-18H,3-6H2,1-2H3,(H,19,20,21)/b14-9-/t7-,8+,10+,11+,12-,13-/m1/s1. The lowest BCUT2D eigenvalue weighted by molar-refractivity contribution is -0.205. The summed E-state index contributed by atoms with van der Waals surface area (Å²) in [5, 5.41) is 42.2. The zero-order chi connectivity index (χ0) is 19.2. The third kappa shape index (κ3) is 7.35. The minimum Gasteiger partial charge on any atom is -0.394 e. The van der Waals surface area contributed by atoms with Crippen molar-refractivity contribution in [1.82, 2.24) is 0 Å². The monoisotopic (exact) mass is 403 g/mol. The molecule has 12 heteroatoms. The van der Waals surface area contributed by atoms with Gasteiger partial charge < -0.3 is 25.2 Å². The van der Waals surface area contributed by atoms with Crippen LogP contribution in [0.5, 0.6) is 0 Å². The number of oxime groups is 1. The maximum Gasteiger partial charge on any atom is 0.466 e. The number of rotatable bonds is 8. The molecule has 1 fully saturated rings. The number of aliphatic hydroxyl groups excluding tert-OH is 4. The minimum atomic E-state index is -4.79. The third-order valence-electron chi connectivity index (χ3n) is 3.88. The molecule has 0 amide bonds. The van der Waals surface area contributed by atoms with E-state index in [1.807, 2.05) is 13.8 Å². The predicted molar refractivity (Wildman–Crippen MR) is 90.1 cm³/mol. The van der Waals surface area contributed by atoms with Crippen molar-refractivity contribution in [2.45, 2.75) is 63.0 Å². The van der Waals surface area contributed by atoms with E-state index in [0.29, 0.717) is 12.3 Å². The second-order valence-electron chi connectivity index (χ2n) is 5.85. The van der Waals surface area contributed by atoms with Crippen LogP contribution in [-0.2, 0) is 19.4 Å². The molecular formula is C13H25NO9S2. The van der Waals surface area contributed by atoms with Crippen LogP contribution in [-0.4, -0.2) is 74.9 Å². The molecule has 1 rings (SSSR count). The maximum absolute atomic E-state index is 10.7. The van der Waals surface area contributed by atoms with E-state index in [2.05, 4.69) is 9.44 Å². The number of aliphatic hydroxyl groups is 4. The highest BCUT2D eigenvalue weighted by molar-refractivity contribution is 8.14. The van der Waals surface area contributed by atoms with Gasteiger partial charge in [-0.3, -0.25) is 4.55 Å². The van der Waals surface area contributed by atoms with Crippen molar-refractivity contribution in [1.29, 1.82) is 0 Å². The molecule has 0 unspecified atom stereocenters. The number of thioether (sulfide) groups is 1. The summed E-state index contributed by atoms with van der Waals surface area (Å²) in [5.74, 6) is 0.311. The van der Waals surface area contributed by atoms with Crippen LogP contribution in [0.25, 0.3) is 0 Å². The average Bonchev–Trinajstić information content (AvgIpc) is 2.56. The lowest BCUT2D eigenvalue weighted by atomic mass is 10.0. The summed E-state index contributed by atoms with van der Waals surface area (Å²) in [6, 6.07) is 0. The van der Waals surface area contributed by atoms with Crippen LogP contribution in [0.15, 0.2) is 5.16 Å². The van der Waals surface area contributed by atoms with Gasteiger partial charge in [-0.15, -0.1) is 0 Å². The van der Waals surface area contributed by atoms with E-state index in [9.17, 15) is 28.8 Å². The van der Waals surface area contributed by atoms with Crippen LogP contribution in [0.4, 0.5) is 0 Å². The molecule has 0 aromatic heterocycles. The summed E-state index contributed by atoms with van der Waals surface area (Å²) < 4.78 is 39.4. The van der Waals surface area contributed by atoms with E-state index < -0.39 is 46.9 Å². The molecule has 0 saturated carbocycles. The normalized spacial score (nSPS) is 32.4. The van der Waals surface area contributed by atoms with Crippen molar-refractivity contribution in [2.24, 2.45) is 11.1 Å². The molecular weight excluding hydrogens is 378 g/mol. The van der Waals surface area contributed by atoms with Crippen molar-refractivity contribution < 1.29 is 42.4 Å². The van der Waals surface area contributed by atoms with Crippen LogP contribution < -0.4 is 0 Å². The molecule has 6 atom stereocenters. The molecule has 0 spiro atoms. The summed E-state index contributed by atoms with van der Waals surface area (Å²) >= 11 is 0.787. The second-order valence-corrected chi connectivity index (χ2v) is 8.03. The van der Waals surface area contributed by atoms with Crippen LogP contribution in [0.3, 0.4) is 0 Å². The van der Waals surface area contributed by atoms with Gasteiger partial charge in [0, 0.05) is 0 Å². The largest absolute Gasteiger partial charge is 0.466 e. The molecule has 148 valence electrons. The molecule has 0 aromatic carbocycles. The van der Waals surface area contributed by atoms with Gasteiger partial charge in [0.1, 0.15) is 34.9 Å². The number of hydrogen-bond donors (Lipinski definition) is 5. The summed E-state index contributed by atoms with van der Waals surface area (Å²) in [5.41, 5.74) is -1.11. The quantitative estimate of drug-likeness (QED) is 0.154. The second kappa shape index (κ2) is 10.0. The van der Waals surface area contributed by atoms with Crippen molar-refractivity contribution in [2.75, 3.05) is 6.61 Å². The molecule has 10 nitrogen and oxygen atoms in total. The van der Waals surface area contributed by atoms with Gasteiger partial charge in [-0.05, 0) is 18.8 Å². The number of nitrogens with zero attached hydrogens (tertiary/aromatic N) is 1. The summed E-state index contributed by atoms with van der Waals surface area (Å²) in [6.45, 7) is 3.39. The first-order valence-corrected chi connectivity index (χ1v) is 10.0. The number of hydrogen-bond acceptors (Lipinski definition) is 10. The average molecular weight is 403 g/mol. The van der Waals surface area contributed by atoms with Gasteiger partial charge in [0.15, 0.2) is 0 Å². The Bertz CT molecular complexity index is 540. The molecule has 0 aromatic rings. The van der Waals surface area contributed by atoms with Gasteiger partial charge in [-0.1, -0.05) is 37.2 Å². The van der Waals surface area contributed by atoms with Crippen molar-refractivity contribution in [3.63, 3.8) is 0 Å². The predicted octanol–water partition coefficient (Wildman–Crippen LogP) is -0.521. The zero-order valence-electron chi connectivity index (χ0n) is 13.9. The Hall–Kier alpha value is -0.470. The highest BCUT2D eigenvalue weighted by Crippen LogP contribution is 2.31. The molecule has 1 heterocycles.